The molecular formula is C16H22N2O5S. The van der Waals surface area contributed by atoms with Gasteiger partial charge in [0.15, 0.2) is 0 Å². The molecule has 1 aromatic carbocycles. The van der Waals surface area contributed by atoms with Crippen LogP contribution in [0.4, 0.5) is 0 Å². The Balaban J connectivity index is 2.16. The predicted molar refractivity (Wildman–Crippen MR) is 88.8 cm³/mol. The number of aliphatic carboxylic acids is 1. The van der Waals surface area contributed by atoms with E-state index in [2.05, 4.69) is 0 Å². The van der Waals surface area contributed by atoms with Gasteiger partial charge in [-0.3, -0.25) is 9.59 Å². The molecule has 0 aromatic heterocycles. The molecule has 8 heteroatoms. The van der Waals surface area contributed by atoms with Gasteiger partial charge in [-0.15, -0.1) is 0 Å². The second-order valence-corrected chi connectivity index (χ2v) is 7.70. The van der Waals surface area contributed by atoms with Crippen molar-refractivity contribution in [3.05, 3.63) is 35.4 Å². The van der Waals surface area contributed by atoms with Crippen LogP contribution in [0.2, 0.25) is 0 Å². The number of piperidine rings is 1. The average Bonchev–Trinajstić information content (AvgIpc) is 2.51. The molecule has 1 aliphatic rings. The molecule has 1 heterocycles. The van der Waals surface area contributed by atoms with E-state index in [1.807, 2.05) is 0 Å². The van der Waals surface area contributed by atoms with Crippen molar-refractivity contribution in [2.45, 2.75) is 43.9 Å². The number of nitrogens with zero attached hydrogens (tertiary/aromatic N) is 1. The molecular weight excluding hydrogens is 332 g/mol. The van der Waals surface area contributed by atoms with Gasteiger partial charge < -0.3 is 10.0 Å². The third-order valence-electron chi connectivity index (χ3n) is 4.12. The average molecular weight is 354 g/mol. The van der Waals surface area contributed by atoms with Crippen molar-refractivity contribution >= 4 is 21.9 Å². The van der Waals surface area contributed by atoms with E-state index in [9.17, 15) is 18.0 Å². The molecule has 0 bridgehead atoms. The summed E-state index contributed by atoms with van der Waals surface area (Å²) in [6.45, 7) is 0.586. The van der Waals surface area contributed by atoms with Crippen LogP contribution >= 0.6 is 0 Å². The van der Waals surface area contributed by atoms with Gasteiger partial charge >= 0.3 is 5.97 Å². The van der Waals surface area contributed by atoms with Crippen LogP contribution in [-0.2, 0) is 20.6 Å². The zero-order valence-corrected chi connectivity index (χ0v) is 14.2. The van der Waals surface area contributed by atoms with Crippen molar-refractivity contribution in [1.29, 1.82) is 0 Å². The number of carboxylic acid groups (broad SMARTS) is 1. The van der Waals surface area contributed by atoms with Crippen molar-refractivity contribution in [3.63, 3.8) is 0 Å². The summed E-state index contributed by atoms with van der Waals surface area (Å²) in [4.78, 5) is 25.3. The van der Waals surface area contributed by atoms with Gasteiger partial charge in [-0.1, -0.05) is 12.1 Å². The Bertz CT molecular complexity index is 717. The lowest BCUT2D eigenvalue weighted by molar-refractivity contribution is -0.137. The second kappa shape index (κ2) is 7.76. The molecule has 0 radical (unpaired) electrons. The lowest BCUT2D eigenvalue weighted by atomic mass is 9.96. The molecule has 1 amide bonds. The Morgan fingerprint density at radius 1 is 1.29 bits per heavy atom. The molecule has 1 unspecified atom stereocenters. The predicted octanol–water partition coefficient (Wildman–Crippen LogP) is 1.33. The lowest BCUT2D eigenvalue weighted by Gasteiger charge is -2.35. The third-order valence-corrected chi connectivity index (χ3v) is 4.86. The molecule has 1 saturated heterocycles. The maximum absolute atomic E-state index is 12.8. The van der Waals surface area contributed by atoms with Gasteiger partial charge in [0.2, 0.25) is 10.0 Å². The van der Waals surface area contributed by atoms with Crippen LogP contribution < -0.4 is 5.14 Å². The van der Waals surface area contributed by atoms with Crippen LogP contribution in [0.5, 0.6) is 0 Å². The van der Waals surface area contributed by atoms with E-state index in [4.69, 9.17) is 10.2 Å². The van der Waals surface area contributed by atoms with Crippen molar-refractivity contribution in [2.75, 3.05) is 6.54 Å². The first-order valence-corrected chi connectivity index (χ1v) is 9.60. The molecule has 132 valence electrons. The second-order valence-electron chi connectivity index (χ2n) is 6.09. The van der Waals surface area contributed by atoms with E-state index in [0.717, 1.165) is 19.3 Å². The first kappa shape index (κ1) is 18.4. The van der Waals surface area contributed by atoms with Crippen molar-refractivity contribution in [1.82, 2.24) is 4.90 Å². The summed E-state index contributed by atoms with van der Waals surface area (Å²) in [5.41, 5.74) is 0.862. The summed E-state index contributed by atoms with van der Waals surface area (Å²) in [5, 5.41) is 13.9. The number of rotatable bonds is 6. The van der Waals surface area contributed by atoms with E-state index >= 15 is 0 Å². The maximum atomic E-state index is 12.8. The minimum absolute atomic E-state index is 0.0277. The number of carboxylic acids is 1. The molecule has 1 aromatic rings. The van der Waals surface area contributed by atoms with Crippen molar-refractivity contribution in [3.8, 4) is 0 Å². The maximum Gasteiger partial charge on any atom is 0.303 e. The number of carbonyl (C=O) groups is 2. The Morgan fingerprint density at radius 3 is 2.71 bits per heavy atom. The van der Waals surface area contributed by atoms with Crippen LogP contribution in [-0.4, -0.2) is 42.9 Å². The zero-order chi connectivity index (χ0) is 17.7. The van der Waals surface area contributed by atoms with E-state index in [0.29, 0.717) is 24.1 Å². The van der Waals surface area contributed by atoms with Gasteiger partial charge in [0, 0.05) is 24.6 Å². The van der Waals surface area contributed by atoms with Crippen molar-refractivity contribution < 1.29 is 23.1 Å². The lowest BCUT2D eigenvalue weighted by Crippen LogP contribution is -2.44. The molecule has 0 spiro atoms. The number of primary sulfonamides is 1. The van der Waals surface area contributed by atoms with Gasteiger partial charge in [0.05, 0.1) is 5.75 Å². The molecule has 0 saturated carbocycles. The molecule has 2 rings (SSSR count). The standard InChI is InChI=1S/C16H22N2O5S/c17-24(22,23)11-12-4-3-5-13(10-12)16(21)18-9-2-1-6-14(18)7-8-15(19)20/h3-5,10,14H,1-2,6-9,11H2,(H,19,20)(H2,17,22,23). The van der Waals surface area contributed by atoms with Crippen LogP contribution in [0.3, 0.4) is 0 Å². The number of hydrogen-bond donors (Lipinski definition) is 2. The molecule has 7 nitrogen and oxygen atoms in total. The highest BCUT2D eigenvalue weighted by Crippen LogP contribution is 2.23. The quantitative estimate of drug-likeness (QED) is 0.799. The molecule has 1 aliphatic heterocycles. The Hall–Kier alpha value is -1.93. The molecule has 3 N–H and O–H groups in total. The summed E-state index contributed by atoms with van der Waals surface area (Å²) < 4.78 is 22.4. The SMILES string of the molecule is NS(=O)(=O)Cc1cccc(C(=O)N2CCCCC2CCC(=O)O)c1. The molecule has 0 aliphatic carbocycles. The minimum atomic E-state index is -3.66. The summed E-state index contributed by atoms with van der Waals surface area (Å²) in [6.07, 6.45) is 3.10. The first-order chi connectivity index (χ1) is 11.3. The largest absolute Gasteiger partial charge is 0.481 e. The van der Waals surface area contributed by atoms with Gasteiger partial charge in [-0.05, 0) is 43.4 Å². The van der Waals surface area contributed by atoms with Crippen LogP contribution in [0.25, 0.3) is 0 Å². The van der Waals surface area contributed by atoms with E-state index in [1.165, 1.54) is 6.07 Å². The first-order valence-electron chi connectivity index (χ1n) is 7.88. The molecule has 24 heavy (non-hydrogen) atoms. The van der Waals surface area contributed by atoms with Crippen LogP contribution in [0.15, 0.2) is 24.3 Å². The highest BCUT2D eigenvalue weighted by molar-refractivity contribution is 7.88. The van der Waals surface area contributed by atoms with Crippen LogP contribution in [0.1, 0.15) is 48.0 Å². The van der Waals surface area contributed by atoms with E-state index in [-0.39, 0.29) is 24.1 Å². The Labute approximate surface area is 141 Å². The fraction of sp³-hybridized carbons (Fsp3) is 0.500. The summed E-state index contributed by atoms with van der Waals surface area (Å²) in [6, 6.07) is 6.32. The summed E-state index contributed by atoms with van der Waals surface area (Å²) >= 11 is 0. The Kier molecular flexibility index (Phi) is 5.95. The zero-order valence-electron chi connectivity index (χ0n) is 13.3. The number of hydrogen-bond acceptors (Lipinski definition) is 4. The van der Waals surface area contributed by atoms with E-state index in [1.54, 1.807) is 23.1 Å². The molecule has 1 fully saturated rings. The van der Waals surface area contributed by atoms with Crippen molar-refractivity contribution in [2.24, 2.45) is 5.14 Å². The fourth-order valence-electron chi connectivity index (χ4n) is 3.05. The highest BCUT2D eigenvalue weighted by atomic mass is 32.2. The van der Waals surface area contributed by atoms with Crippen LogP contribution in [0, 0.1) is 0 Å². The van der Waals surface area contributed by atoms with Gasteiger partial charge in [0.25, 0.3) is 5.91 Å². The summed E-state index contributed by atoms with van der Waals surface area (Å²) in [5.74, 6) is -1.39. The number of likely N-dealkylation sites (tertiary alicyclic amines) is 1. The van der Waals surface area contributed by atoms with Gasteiger partial charge in [-0.25, -0.2) is 13.6 Å². The Morgan fingerprint density at radius 2 is 2.04 bits per heavy atom. The monoisotopic (exact) mass is 354 g/mol. The number of benzene rings is 1. The smallest absolute Gasteiger partial charge is 0.303 e. The normalized spacial score (nSPS) is 18.4. The topological polar surface area (TPSA) is 118 Å². The molecule has 1 atom stereocenters. The third kappa shape index (κ3) is 5.31. The van der Waals surface area contributed by atoms with Gasteiger partial charge in [0.1, 0.15) is 0 Å². The van der Waals surface area contributed by atoms with E-state index < -0.39 is 16.0 Å². The van der Waals surface area contributed by atoms with Gasteiger partial charge in [-0.2, -0.15) is 0 Å². The fourth-order valence-corrected chi connectivity index (χ4v) is 3.69. The number of nitrogens with two attached hydrogens (primary N) is 1. The summed E-state index contributed by atoms with van der Waals surface area (Å²) in [7, 11) is -3.66. The highest BCUT2D eigenvalue weighted by Gasteiger charge is 2.28. The number of sulfonamides is 1. The minimum Gasteiger partial charge on any atom is -0.481 e. The number of carbonyl (C=O) groups excluding carboxylic acids is 1. The number of amides is 1.